The Bertz CT molecular complexity index is 1540. The van der Waals surface area contributed by atoms with Gasteiger partial charge >= 0.3 is 0 Å². The van der Waals surface area contributed by atoms with E-state index in [0.29, 0.717) is 17.2 Å². The van der Waals surface area contributed by atoms with Gasteiger partial charge in [-0.1, -0.05) is 35.9 Å². The smallest absolute Gasteiger partial charge is 0.271 e. The van der Waals surface area contributed by atoms with E-state index in [1.807, 2.05) is 43.3 Å². The van der Waals surface area contributed by atoms with Crippen LogP contribution in [-0.4, -0.2) is 26.5 Å². The predicted octanol–water partition coefficient (Wildman–Crippen LogP) is 5.19. The lowest BCUT2D eigenvalue weighted by Gasteiger charge is -2.07. The molecule has 0 fully saturated rings. The molecule has 156 valence electrons. The molecule has 0 spiro atoms. The van der Waals surface area contributed by atoms with Crippen LogP contribution in [0.3, 0.4) is 0 Å². The first-order chi connectivity index (χ1) is 15.6. The Balaban J connectivity index is 1.70. The minimum Gasteiger partial charge on any atom is -0.454 e. The molecule has 0 N–H and O–H groups in total. The number of aryl methyl sites for hydroxylation is 1. The van der Waals surface area contributed by atoms with Crippen LogP contribution in [0.15, 0.2) is 66.9 Å². The number of ether oxygens (including phenoxy) is 2. The first-order valence-corrected chi connectivity index (χ1v) is 10.0. The summed E-state index contributed by atoms with van der Waals surface area (Å²) in [6, 6.07) is 18.3. The Morgan fingerprint density at radius 2 is 1.78 bits per heavy atom. The van der Waals surface area contributed by atoms with Crippen molar-refractivity contribution in [1.82, 2.24) is 14.8 Å². The van der Waals surface area contributed by atoms with Crippen LogP contribution in [0.1, 0.15) is 5.56 Å². The van der Waals surface area contributed by atoms with Gasteiger partial charge in [0.25, 0.3) is 5.69 Å². The average molecular weight is 424 g/mol. The molecule has 32 heavy (non-hydrogen) atoms. The van der Waals surface area contributed by atoms with E-state index in [-0.39, 0.29) is 12.5 Å². The molecule has 0 bridgehead atoms. The predicted molar refractivity (Wildman–Crippen MR) is 119 cm³/mol. The number of nitro benzene ring substituents is 1. The molecule has 0 unspecified atom stereocenters. The number of pyridine rings is 1. The van der Waals surface area contributed by atoms with Gasteiger partial charge in [0.15, 0.2) is 11.5 Å². The monoisotopic (exact) mass is 424 g/mol. The van der Waals surface area contributed by atoms with Gasteiger partial charge in [0.1, 0.15) is 5.69 Å². The van der Waals surface area contributed by atoms with Gasteiger partial charge < -0.3 is 9.47 Å². The highest BCUT2D eigenvalue weighted by Gasteiger charge is 2.21. The van der Waals surface area contributed by atoms with E-state index >= 15 is 0 Å². The summed E-state index contributed by atoms with van der Waals surface area (Å²) in [6.45, 7) is 2.19. The standard InChI is InChI=1S/C24H16N4O4/c1-14-5-7-15(8-6-14)23-19-12-25-20-11-22-21(31-13-32-22)10-18(20)24(19)27(26-23)16-3-2-4-17(9-16)28(29)30/h2-12H,13H2,1H3. The number of rotatable bonds is 3. The van der Waals surface area contributed by atoms with Gasteiger partial charge in [-0.25, -0.2) is 4.68 Å². The molecule has 8 nitrogen and oxygen atoms in total. The normalized spacial score (nSPS) is 12.5. The highest BCUT2D eigenvalue weighted by atomic mass is 16.7. The zero-order chi connectivity index (χ0) is 21.8. The number of nitro groups is 1. The second-order valence-electron chi connectivity index (χ2n) is 7.65. The lowest BCUT2D eigenvalue weighted by atomic mass is 10.1. The lowest BCUT2D eigenvalue weighted by Crippen LogP contribution is -1.99. The minimum atomic E-state index is -0.409. The van der Waals surface area contributed by atoms with Crippen molar-refractivity contribution in [3.63, 3.8) is 0 Å². The fourth-order valence-electron chi connectivity index (χ4n) is 4.02. The number of benzene rings is 3. The Kier molecular flexibility index (Phi) is 3.88. The van der Waals surface area contributed by atoms with Crippen molar-refractivity contribution in [3.8, 4) is 28.4 Å². The zero-order valence-electron chi connectivity index (χ0n) is 17.0. The van der Waals surface area contributed by atoms with Crippen LogP contribution in [0.4, 0.5) is 5.69 Å². The summed E-state index contributed by atoms with van der Waals surface area (Å²) >= 11 is 0. The first kappa shape index (κ1) is 18.3. The summed E-state index contributed by atoms with van der Waals surface area (Å²) in [5.74, 6) is 1.28. The largest absolute Gasteiger partial charge is 0.454 e. The van der Waals surface area contributed by atoms with Crippen molar-refractivity contribution in [1.29, 1.82) is 0 Å². The topological polar surface area (TPSA) is 92.3 Å². The number of hydrogen-bond acceptors (Lipinski definition) is 6. The van der Waals surface area contributed by atoms with Crippen LogP contribution in [0, 0.1) is 17.0 Å². The van der Waals surface area contributed by atoms with Crippen molar-refractivity contribution in [2.75, 3.05) is 6.79 Å². The van der Waals surface area contributed by atoms with Crippen molar-refractivity contribution in [2.24, 2.45) is 0 Å². The number of hydrogen-bond donors (Lipinski definition) is 0. The molecule has 0 saturated carbocycles. The molecule has 0 amide bonds. The molecule has 0 radical (unpaired) electrons. The van der Waals surface area contributed by atoms with E-state index in [9.17, 15) is 10.1 Å². The van der Waals surface area contributed by atoms with E-state index in [1.54, 1.807) is 23.0 Å². The second-order valence-corrected chi connectivity index (χ2v) is 7.65. The molecule has 3 heterocycles. The van der Waals surface area contributed by atoms with E-state index in [4.69, 9.17) is 14.6 Å². The summed E-state index contributed by atoms with van der Waals surface area (Å²) in [4.78, 5) is 15.6. The number of fused-ring (bicyclic) bond motifs is 4. The Labute approximate surface area is 181 Å². The molecule has 0 aliphatic carbocycles. The van der Waals surface area contributed by atoms with Gasteiger partial charge in [0, 0.05) is 40.7 Å². The molecule has 8 heteroatoms. The number of nitrogens with zero attached hydrogens (tertiary/aromatic N) is 4. The van der Waals surface area contributed by atoms with Gasteiger partial charge in [-0.2, -0.15) is 5.10 Å². The van der Waals surface area contributed by atoms with E-state index in [0.717, 1.165) is 38.6 Å². The second kappa shape index (κ2) is 6.78. The van der Waals surface area contributed by atoms with Gasteiger partial charge in [0.2, 0.25) is 6.79 Å². The molecule has 1 aliphatic heterocycles. The molecule has 0 saturated heterocycles. The summed E-state index contributed by atoms with van der Waals surface area (Å²) in [5, 5.41) is 17.9. The van der Waals surface area contributed by atoms with Gasteiger partial charge in [-0.3, -0.25) is 15.1 Å². The van der Waals surface area contributed by atoms with Crippen molar-refractivity contribution in [3.05, 3.63) is 82.5 Å². The van der Waals surface area contributed by atoms with Crippen LogP contribution >= 0.6 is 0 Å². The third-order valence-corrected chi connectivity index (χ3v) is 5.61. The molecule has 5 aromatic rings. The first-order valence-electron chi connectivity index (χ1n) is 10.0. The summed E-state index contributed by atoms with van der Waals surface area (Å²) in [6.07, 6.45) is 1.79. The zero-order valence-corrected chi connectivity index (χ0v) is 17.0. The maximum atomic E-state index is 11.4. The summed E-state index contributed by atoms with van der Waals surface area (Å²) < 4.78 is 12.8. The molecule has 6 rings (SSSR count). The van der Waals surface area contributed by atoms with Gasteiger partial charge in [-0.05, 0) is 19.1 Å². The Hall–Kier alpha value is -4.46. The van der Waals surface area contributed by atoms with Crippen LogP contribution < -0.4 is 9.47 Å². The molecule has 1 aliphatic rings. The fraction of sp³-hybridized carbons (Fsp3) is 0.0833. The van der Waals surface area contributed by atoms with Gasteiger partial charge in [-0.15, -0.1) is 0 Å². The quantitative estimate of drug-likeness (QED) is 0.292. The summed E-state index contributed by atoms with van der Waals surface area (Å²) in [5.41, 5.74) is 4.94. The van der Waals surface area contributed by atoms with E-state index < -0.39 is 4.92 Å². The Morgan fingerprint density at radius 1 is 1.00 bits per heavy atom. The maximum Gasteiger partial charge on any atom is 0.271 e. The molecular formula is C24H16N4O4. The van der Waals surface area contributed by atoms with Crippen molar-refractivity contribution >= 4 is 27.5 Å². The third kappa shape index (κ3) is 2.77. The number of aromatic nitrogens is 3. The number of non-ortho nitro benzene ring substituents is 1. The van der Waals surface area contributed by atoms with E-state index in [2.05, 4.69) is 4.98 Å². The van der Waals surface area contributed by atoms with Crippen LogP contribution in [-0.2, 0) is 0 Å². The lowest BCUT2D eigenvalue weighted by molar-refractivity contribution is -0.384. The molecule has 2 aromatic heterocycles. The third-order valence-electron chi connectivity index (χ3n) is 5.61. The van der Waals surface area contributed by atoms with E-state index in [1.165, 1.54) is 12.1 Å². The summed E-state index contributed by atoms with van der Waals surface area (Å²) in [7, 11) is 0. The Morgan fingerprint density at radius 3 is 2.56 bits per heavy atom. The van der Waals surface area contributed by atoms with Crippen molar-refractivity contribution in [2.45, 2.75) is 6.92 Å². The maximum absolute atomic E-state index is 11.4. The van der Waals surface area contributed by atoms with Crippen LogP contribution in [0.2, 0.25) is 0 Å². The minimum absolute atomic E-state index is 0.000905. The molecule has 0 atom stereocenters. The van der Waals surface area contributed by atoms with Crippen molar-refractivity contribution < 1.29 is 14.4 Å². The van der Waals surface area contributed by atoms with Crippen LogP contribution in [0.5, 0.6) is 11.5 Å². The molecule has 3 aromatic carbocycles. The fourth-order valence-corrected chi connectivity index (χ4v) is 4.02. The molecular weight excluding hydrogens is 408 g/mol. The van der Waals surface area contributed by atoms with Gasteiger partial charge in [0.05, 0.1) is 21.6 Å². The highest BCUT2D eigenvalue weighted by Crippen LogP contribution is 2.40. The van der Waals surface area contributed by atoms with Crippen LogP contribution in [0.25, 0.3) is 38.8 Å². The SMILES string of the molecule is Cc1ccc(-c2nn(-c3cccc([N+](=O)[O-])c3)c3c2cnc2cc4c(cc23)OCO4)cc1. The average Bonchev–Trinajstić information content (AvgIpc) is 3.42. The highest BCUT2D eigenvalue weighted by molar-refractivity contribution is 6.09.